The van der Waals surface area contributed by atoms with Crippen LogP contribution in [0, 0.1) is 0 Å². The van der Waals surface area contributed by atoms with Crippen LogP contribution < -0.4 is 0 Å². The Morgan fingerprint density at radius 2 is 1.42 bits per heavy atom. The topological polar surface area (TPSA) is 12.5 Å². The highest BCUT2D eigenvalue weighted by Crippen LogP contribution is 2.19. The minimum atomic E-state index is -0.0677. The van der Waals surface area contributed by atoms with Crippen molar-refractivity contribution >= 4 is 0 Å². The number of nitrogens with zero attached hydrogens (tertiary/aromatic N) is 1. The smallest absolute Gasteiger partial charge is 0.0759 e. The van der Waals surface area contributed by atoms with Gasteiger partial charge in [0.1, 0.15) is 0 Å². The lowest BCUT2D eigenvalue weighted by Crippen LogP contribution is -2.42. The van der Waals surface area contributed by atoms with E-state index in [4.69, 9.17) is 4.74 Å². The molecule has 0 atom stereocenters. The molecule has 74 valence electrons. The van der Waals surface area contributed by atoms with E-state index in [1.807, 2.05) is 0 Å². The number of hydrogen-bond acceptors (Lipinski definition) is 2. The summed E-state index contributed by atoms with van der Waals surface area (Å²) in [6.45, 7) is 11.5. The monoisotopic (exact) mass is 173 g/mol. The summed E-state index contributed by atoms with van der Waals surface area (Å²) in [4.78, 5) is 2.14. The Kier molecular flexibility index (Phi) is 3.73. The van der Waals surface area contributed by atoms with Crippen LogP contribution in [0.5, 0.6) is 0 Å². The molecular weight excluding hydrogens is 150 g/mol. The summed E-state index contributed by atoms with van der Waals surface area (Å²) < 4.78 is 5.89. The van der Waals surface area contributed by atoms with Crippen molar-refractivity contribution < 1.29 is 4.74 Å². The maximum absolute atomic E-state index is 5.89. The van der Waals surface area contributed by atoms with Gasteiger partial charge >= 0.3 is 0 Å². The van der Waals surface area contributed by atoms with Gasteiger partial charge in [0.25, 0.3) is 0 Å². The zero-order valence-electron chi connectivity index (χ0n) is 9.56. The Bertz CT molecular complexity index is 133. The molecule has 0 aliphatic carbocycles. The van der Waals surface area contributed by atoms with Crippen molar-refractivity contribution in [3.63, 3.8) is 0 Å². The van der Waals surface area contributed by atoms with Crippen LogP contribution in [-0.4, -0.2) is 36.7 Å². The van der Waals surface area contributed by atoms with Gasteiger partial charge < -0.3 is 9.64 Å². The van der Waals surface area contributed by atoms with Crippen LogP contribution in [0.25, 0.3) is 0 Å². The molecule has 0 N–H and O–H groups in total. The summed E-state index contributed by atoms with van der Waals surface area (Å²) in [7, 11) is 4.13. The van der Waals surface area contributed by atoms with Gasteiger partial charge in [0.2, 0.25) is 0 Å². The second-order valence-electron chi connectivity index (χ2n) is 5.21. The molecule has 0 saturated heterocycles. The first-order valence-electron chi connectivity index (χ1n) is 4.47. The molecular formula is C10H23NO. The van der Waals surface area contributed by atoms with Crippen molar-refractivity contribution in [2.45, 2.75) is 45.8 Å². The molecule has 0 aromatic rings. The molecule has 0 saturated carbocycles. The van der Waals surface area contributed by atoms with Gasteiger partial charge in [-0.1, -0.05) is 0 Å². The SMILES string of the molecule is CN(C)CC(C)(C)OC(C)(C)C. The van der Waals surface area contributed by atoms with Crippen molar-refractivity contribution in [3.05, 3.63) is 0 Å². The Balaban J connectivity index is 4.04. The molecule has 2 nitrogen and oxygen atoms in total. The van der Waals surface area contributed by atoms with Crippen LogP contribution in [0.2, 0.25) is 0 Å². The second kappa shape index (κ2) is 3.75. The predicted octanol–water partition coefficient (Wildman–Crippen LogP) is 2.14. The van der Waals surface area contributed by atoms with Gasteiger partial charge in [0.15, 0.2) is 0 Å². The number of hydrogen-bond donors (Lipinski definition) is 0. The summed E-state index contributed by atoms with van der Waals surface area (Å²) in [6.07, 6.45) is 0. The fourth-order valence-electron chi connectivity index (χ4n) is 1.62. The van der Waals surface area contributed by atoms with E-state index in [2.05, 4.69) is 53.6 Å². The maximum Gasteiger partial charge on any atom is 0.0759 e. The standard InChI is InChI=1S/C10H23NO/c1-9(2,3)12-10(4,5)8-11(6)7/h8H2,1-7H3. The fraction of sp³-hybridized carbons (Fsp3) is 1.00. The van der Waals surface area contributed by atoms with Crippen LogP contribution in [0.3, 0.4) is 0 Å². The van der Waals surface area contributed by atoms with Gasteiger partial charge in [-0.15, -0.1) is 0 Å². The molecule has 0 radical (unpaired) electrons. The van der Waals surface area contributed by atoms with E-state index in [0.29, 0.717) is 0 Å². The molecule has 0 unspecified atom stereocenters. The third kappa shape index (κ3) is 6.62. The zero-order valence-corrected chi connectivity index (χ0v) is 9.56. The minimum Gasteiger partial charge on any atom is -0.369 e. The first-order chi connectivity index (χ1) is 5.12. The third-order valence-electron chi connectivity index (χ3n) is 1.28. The van der Waals surface area contributed by atoms with Gasteiger partial charge in [0, 0.05) is 6.54 Å². The highest BCUT2D eigenvalue weighted by Gasteiger charge is 2.25. The number of ether oxygens (including phenoxy) is 1. The summed E-state index contributed by atoms with van der Waals surface area (Å²) in [5.41, 5.74) is -0.124. The molecule has 0 amide bonds. The van der Waals surface area contributed by atoms with E-state index in [1.165, 1.54) is 0 Å². The highest BCUT2D eigenvalue weighted by atomic mass is 16.5. The summed E-state index contributed by atoms with van der Waals surface area (Å²) in [5, 5.41) is 0. The summed E-state index contributed by atoms with van der Waals surface area (Å²) >= 11 is 0. The van der Waals surface area contributed by atoms with E-state index in [9.17, 15) is 0 Å². The lowest BCUT2D eigenvalue weighted by molar-refractivity contribution is -0.120. The first-order valence-corrected chi connectivity index (χ1v) is 4.47. The molecule has 0 aromatic carbocycles. The van der Waals surface area contributed by atoms with Gasteiger partial charge in [-0.3, -0.25) is 0 Å². The molecule has 12 heavy (non-hydrogen) atoms. The van der Waals surface area contributed by atoms with Crippen molar-refractivity contribution in [1.29, 1.82) is 0 Å². The molecule has 0 aromatic heterocycles. The third-order valence-corrected chi connectivity index (χ3v) is 1.28. The average molecular weight is 173 g/mol. The maximum atomic E-state index is 5.89. The van der Waals surface area contributed by atoms with Gasteiger partial charge in [-0.2, -0.15) is 0 Å². The van der Waals surface area contributed by atoms with Crippen LogP contribution >= 0.6 is 0 Å². The van der Waals surface area contributed by atoms with Crippen LogP contribution in [-0.2, 0) is 4.74 Å². The summed E-state index contributed by atoms with van der Waals surface area (Å²) in [6, 6.07) is 0. The van der Waals surface area contributed by atoms with Crippen LogP contribution in [0.1, 0.15) is 34.6 Å². The lowest BCUT2D eigenvalue weighted by atomic mass is 10.1. The normalized spacial score (nSPS) is 14.0. The predicted molar refractivity (Wildman–Crippen MR) is 53.5 cm³/mol. The second-order valence-corrected chi connectivity index (χ2v) is 5.21. The lowest BCUT2D eigenvalue weighted by Gasteiger charge is -2.35. The largest absolute Gasteiger partial charge is 0.369 e. The number of rotatable bonds is 3. The van der Waals surface area contributed by atoms with E-state index in [1.54, 1.807) is 0 Å². The van der Waals surface area contributed by atoms with Crippen molar-refractivity contribution in [2.75, 3.05) is 20.6 Å². The Hall–Kier alpha value is -0.0800. The Morgan fingerprint density at radius 3 is 1.67 bits per heavy atom. The molecule has 0 bridgehead atoms. The Morgan fingerprint density at radius 1 is 1.00 bits per heavy atom. The number of likely N-dealkylation sites (N-methyl/N-ethyl adjacent to an activating group) is 1. The van der Waals surface area contributed by atoms with Gasteiger partial charge in [-0.25, -0.2) is 0 Å². The van der Waals surface area contributed by atoms with Crippen LogP contribution in [0.15, 0.2) is 0 Å². The minimum absolute atomic E-state index is 0.0560. The summed E-state index contributed by atoms with van der Waals surface area (Å²) in [5.74, 6) is 0. The molecule has 2 heteroatoms. The highest BCUT2D eigenvalue weighted by molar-refractivity contribution is 4.76. The van der Waals surface area contributed by atoms with E-state index >= 15 is 0 Å². The molecule has 0 aliphatic heterocycles. The quantitative estimate of drug-likeness (QED) is 0.648. The van der Waals surface area contributed by atoms with Crippen LogP contribution in [0.4, 0.5) is 0 Å². The molecule has 0 aliphatic rings. The van der Waals surface area contributed by atoms with Crippen molar-refractivity contribution in [2.24, 2.45) is 0 Å². The van der Waals surface area contributed by atoms with E-state index in [0.717, 1.165) is 6.54 Å². The molecule has 0 rings (SSSR count). The van der Waals surface area contributed by atoms with Gasteiger partial charge in [-0.05, 0) is 48.7 Å². The van der Waals surface area contributed by atoms with Crippen molar-refractivity contribution in [3.8, 4) is 0 Å². The first kappa shape index (κ1) is 11.9. The fourth-order valence-corrected chi connectivity index (χ4v) is 1.62. The Labute approximate surface area is 76.9 Å². The average Bonchev–Trinajstić information content (AvgIpc) is 1.48. The van der Waals surface area contributed by atoms with E-state index in [-0.39, 0.29) is 11.2 Å². The molecule has 0 fully saturated rings. The molecule has 0 spiro atoms. The van der Waals surface area contributed by atoms with E-state index < -0.39 is 0 Å². The molecule has 0 heterocycles. The zero-order chi connectivity index (χ0) is 9.99. The van der Waals surface area contributed by atoms with Gasteiger partial charge in [0.05, 0.1) is 11.2 Å². The van der Waals surface area contributed by atoms with Crippen molar-refractivity contribution in [1.82, 2.24) is 4.90 Å².